The highest BCUT2D eigenvalue weighted by atomic mass is 16.2. The number of amides is 1. The van der Waals surface area contributed by atoms with Crippen LogP contribution in [0.2, 0.25) is 0 Å². The molecule has 7 nitrogen and oxygen atoms in total. The minimum Gasteiger partial charge on any atom is -0.325 e. The summed E-state index contributed by atoms with van der Waals surface area (Å²) in [4.78, 5) is 25.2. The Morgan fingerprint density at radius 2 is 2.07 bits per heavy atom. The largest absolute Gasteiger partial charge is 0.350 e. The molecule has 1 saturated carbocycles. The number of hydrogen-bond donors (Lipinski definition) is 2. The zero-order valence-corrected chi connectivity index (χ0v) is 16.3. The van der Waals surface area contributed by atoms with Gasteiger partial charge in [0.2, 0.25) is 5.91 Å². The van der Waals surface area contributed by atoms with Gasteiger partial charge in [-0.3, -0.25) is 9.20 Å². The number of nitrogens with one attached hydrogen (secondary N) is 2. The maximum absolute atomic E-state index is 12.8. The van der Waals surface area contributed by atoms with Gasteiger partial charge in [-0.1, -0.05) is 31.0 Å². The molecule has 1 saturated heterocycles. The van der Waals surface area contributed by atoms with Crippen LogP contribution in [0, 0.1) is 5.92 Å². The van der Waals surface area contributed by atoms with Crippen LogP contribution in [0.4, 0.5) is 5.69 Å². The minimum absolute atomic E-state index is 0.0291. The molecule has 3 atom stereocenters. The Labute approximate surface area is 168 Å². The van der Waals surface area contributed by atoms with Crippen molar-refractivity contribution in [3.05, 3.63) is 64.7 Å². The molecular weight excluding hydrogens is 366 g/mol. The summed E-state index contributed by atoms with van der Waals surface area (Å²) < 4.78 is 2.97. The zero-order chi connectivity index (χ0) is 19.8. The third-order valence-corrected chi connectivity index (χ3v) is 6.19. The summed E-state index contributed by atoms with van der Waals surface area (Å²) in [5.41, 5.74) is 2.12. The van der Waals surface area contributed by atoms with Gasteiger partial charge in [-0.25, -0.2) is 9.48 Å². The van der Waals surface area contributed by atoms with Crippen molar-refractivity contribution in [2.45, 2.75) is 50.7 Å². The van der Waals surface area contributed by atoms with Crippen LogP contribution in [0.5, 0.6) is 0 Å². The highest BCUT2D eigenvalue weighted by Crippen LogP contribution is 2.33. The van der Waals surface area contributed by atoms with Crippen LogP contribution in [0.25, 0.3) is 5.65 Å². The van der Waals surface area contributed by atoms with Crippen molar-refractivity contribution in [3.63, 3.8) is 0 Å². The van der Waals surface area contributed by atoms with Gasteiger partial charge in [0.15, 0.2) is 5.65 Å². The summed E-state index contributed by atoms with van der Waals surface area (Å²) >= 11 is 0. The predicted octanol–water partition coefficient (Wildman–Crippen LogP) is 2.40. The SMILES string of the molecule is O=C(Nc1cccc(Cn2nc3ccccn3c2=O)c1)C1CC2CCCCC2N1. The third kappa shape index (κ3) is 3.58. The highest BCUT2D eigenvalue weighted by Gasteiger charge is 2.38. The number of hydrogen-bond acceptors (Lipinski definition) is 4. The molecule has 0 bridgehead atoms. The fraction of sp³-hybridized carbons (Fsp3) is 0.409. The molecule has 1 aliphatic heterocycles. The Kier molecular flexibility index (Phi) is 4.67. The Morgan fingerprint density at radius 1 is 1.17 bits per heavy atom. The van der Waals surface area contributed by atoms with Crippen molar-refractivity contribution in [1.29, 1.82) is 0 Å². The molecule has 2 fully saturated rings. The molecule has 0 spiro atoms. The number of aromatic nitrogens is 3. The predicted molar refractivity (Wildman–Crippen MR) is 111 cm³/mol. The van der Waals surface area contributed by atoms with Gasteiger partial charge in [0.25, 0.3) is 0 Å². The van der Waals surface area contributed by atoms with Crippen molar-refractivity contribution >= 4 is 17.2 Å². The highest BCUT2D eigenvalue weighted by molar-refractivity contribution is 5.95. The second-order valence-corrected chi connectivity index (χ2v) is 8.16. The third-order valence-electron chi connectivity index (χ3n) is 6.19. The molecule has 3 heterocycles. The molecule has 2 aromatic heterocycles. The number of carbonyl (C=O) groups excluding carboxylic acids is 1. The van der Waals surface area contributed by atoms with E-state index in [9.17, 15) is 9.59 Å². The maximum Gasteiger partial charge on any atom is 0.350 e. The van der Waals surface area contributed by atoms with Crippen LogP contribution >= 0.6 is 0 Å². The van der Waals surface area contributed by atoms with Crippen molar-refractivity contribution < 1.29 is 4.79 Å². The number of carbonyl (C=O) groups is 1. The first-order valence-electron chi connectivity index (χ1n) is 10.4. The molecule has 3 unspecified atom stereocenters. The Balaban J connectivity index is 1.29. The Bertz CT molecular complexity index is 1090. The summed E-state index contributed by atoms with van der Waals surface area (Å²) in [6.45, 7) is 0.357. The lowest BCUT2D eigenvalue weighted by Gasteiger charge is -2.24. The summed E-state index contributed by atoms with van der Waals surface area (Å²) in [6.07, 6.45) is 7.58. The van der Waals surface area contributed by atoms with Crippen LogP contribution in [0.3, 0.4) is 0 Å². The van der Waals surface area contributed by atoms with Gasteiger partial charge >= 0.3 is 5.69 Å². The number of benzene rings is 1. The van der Waals surface area contributed by atoms with Gasteiger partial charge in [0.05, 0.1) is 12.6 Å². The normalized spacial score (nSPS) is 23.8. The average molecular weight is 391 g/mol. The Hall–Kier alpha value is -2.93. The molecular formula is C22H25N5O2. The lowest BCUT2D eigenvalue weighted by Crippen LogP contribution is -2.39. The monoisotopic (exact) mass is 391 g/mol. The molecule has 1 aliphatic carbocycles. The van der Waals surface area contributed by atoms with E-state index in [2.05, 4.69) is 15.7 Å². The Morgan fingerprint density at radius 3 is 2.93 bits per heavy atom. The lowest BCUT2D eigenvalue weighted by molar-refractivity contribution is -0.117. The molecule has 2 N–H and O–H groups in total. The average Bonchev–Trinajstić information content (AvgIpc) is 3.30. The van der Waals surface area contributed by atoms with Gasteiger partial charge < -0.3 is 10.6 Å². The summed E-state index contributed by atoms with van der Waals surface area (Å²) in [5, 5.41) is 10.9. The second-order valence-electron chi connectivity index (χ2n) is 8.16. The molecule has 7 heteroatoms. The molecule has 0 radical (unpaired) electrons. The van der Waals surface area contributed by atoms with E-state index in [1.54, 1.807) is 12.3 Å². The van der Waals surface area contributed by atoms with E-state index in [4.69, 9.17) is 0 Å². The van der Waals surface area contributed by atoms with Crippen LogP contribution < -0.4 is 16.3 Å². The van der Waals surface area contributed by atoms with Crippen molar-refractivity contribution in [3.8, 4) is 0 Å². The minimum atomic E-state index is -0.173. The van der Waals surface area contributed by atoms with Gasteiger partial charge in [0.1, 0.15) is 0 Å². The molecule has 3 aromatic rings. The molecule has 1 aromatic carbocycles. The van der Waals surface area contributed by atoms with Gasteiger partial charge in [-0.15, -0.1) is 5.10 Å². The quantitative estimate of drug-likeness (QED) is 0.716. The fourth-order valence-electron chi connectivity index (χ4n) is 4.74. The van der Waals surface area contributed by atoms with Crippen LogP contribution in [-0.2, 0) is 11.3 Å². The van der Waals surface area contributed by atoms with Crippen molar-refractivity contribution in [2.75, 3.05) is 5.32 Å². The lowest BCUT2D eigenvalue weighted by atomic mass is 9.85. The van der Waals surface area contributed by atoms with Crippen molar-refractivity contribution in [2.24, 2.45) is 5.92 Å². The second kappa shape index (κ2) is 7.48. The van der Waals surface area contributed by atoms with Gasteiger partial charge in [0, 0.05) is 17.9 Å². The van der Waals surface area contributed by atoms with E-state index in [1.165, 1.54) is 34.8 Å². The molecule has 150 valence electrons. The summed E-state index contributed by atoms with van der Waals surface area (Å²) in [7, 11) is 0. The van der Waals surface area contributed by atoms with Crippen molar-refractivity contribution in [1.82, 2.24) is 19.5 Å². The number of fused-ring (bicyclic) bond motifs is 2. The maximum atomic E-state index is 12.8. The van der Waals surface area contributed by atoms with E-state index in [0.29, 0.717) is 24.2 Å². The van der Waals surface area contributed by atoms with Gasteiger partial charge in [-0.05, 0) is 55.0 Å². The molecule has 5 rings (SSSR count). The first kappa shape index (κ1) is 18.1. The molecule has 2 aliphatic rings. The standard InChI is InChI=1S/C22H25N5O2/c28-21(19-13-16-7-1-2-9-18(16)24-19)23-17-8-5-6-15(12-17)14-27-22(29)26-11-4-3-10-20(26)25-27/h3-6,8,10-12,16,18-19,24H,1-2,7,9,13-14H2,(H,23,28). The van der Waals surface area contributed by atoms with E-state index in [0.717, 1.165) is 17.7 Å². The van der Waals surface area contributed by atoms with E-state index >= 15 is 0 Å². The van der Waals surface area contributed by atoms with E-state index in [-0.39, 0.29) is 17.6 Å². The van der Waals surface area contributed by atoms with Crippen LogP contribution in [-0.4, -0.2) is 32.2 Å². The van der Waals surface area contributed by atoms with E-state index in [1.807, 2.05) is 36.4 Å². The zero-order valence-electron chi connectivity index (χ0n) is 16.3. The first-order valence-corrected chi connectivity index (χ1v) is 10.4. The van der Waals surface area contributed by atoms with Crippen LogP contribution in [0.1, 0.15) is 37.7 Å². The van der Waals surface area contributed by atoms with Gasteiger partial charge in [-0.2, -0.15) is 0 Å². The number of rotatable bonds is 4. The first-order chi connectivity index (χ1) is 14.2. The van der Waals surface area contributed by atoms with E-state index < -0.39 is 0 Å². The van der Waals surface area contributed by atoms with Crippen LogP contribution in [0.15, 0.2) is 53.5 Å². The molecule has 29 heavy (non-hydrogen) atoms. The number of anilines is 1. The fourth-order valence-corrected chi connectivity index (χ4v) is 4.74. The molecule has 1 amide bonds. The smallest absolute Gasteiger partial charge is 0.325 e. The summed E-state index contributed by atoms with van der Waals surface area (Å²) in [6, 6.07) is 13.5. The summed E-state index contributed by atoms with van der Waals surface area (Å²) in [5.74, 6) is 0.661. The number of pyridine rings is 1. The topological polar surface area (TPSA) is 80.4 Å². The number of nitrogens with zero attached hydrogens (tertiary/aromatic N) is 3.